The second-order valence-electron chi connectivity index (χ2n) is 4.43. The predicted molar refractivity (Wildman–Crippen MR) is 64.8 cm³/mol. The number of nitrogens with two attached hydrogens (primary N) is 1. The molecule has 88 valence electrons. The fourth-order valence-electron chi connectivity index (χ4n) is 1.99. The number of piperidine rings is 1. The standard InChI is InChI=1S/C12H19N3O/c1-9-5-6-15(8-11(9)13)12-4-3-10(16-2)7-14-12/h3-4,7,9,11H,5-6,8,13H2,1-2H3. The molecule has 16 heavy (non-hydrogen) atoms. The zero-order chi connectivity index (χ0) is 11.5. The average Bonchev–Trinajstić information content (AvgIpc) is 2.33. The highest BCUT2D eigenvalue weighted by Gasteiger charge is 2.23. The van der Waals surface area contributed by atoms with Crippen LogP contribution in [0.3, 0.4) is 0 Å². The predicted octanol–water partition coefficient (Wildman–Crippen LogP) is 1.26. The van der Waals surface area contributed by atoms with Crippen LogP contribution in [0.25, 0.3) is 0 Å². The Bertz CT molecular complexity index is 339. The molecule has 0 aliphatic carbocycles. The lowest BCUT2D eigenvalue weighted by molar-refractivity contribution is 0.377. The molecule has 1 aromatic heterocycles. The van der Waals surface area contributed by atoms with Crippen LogP contribution in [0.5, 0.6) is 5.75 Å². The SMILES string of the molecule is COc1ccc(N2CCC(C)C(N)C2)nc1. The van der Waals surface area contributed by atoms with Gasteiger partial charge in [-0.3, -0.25) is 0 Å². The van der Waals surface area contributed by atoms with Crippen molar-refractivity contribution in [2.45, 2.75) is 19.4 Å². The van der Waals surface area contributed by atoms with Crippen LogP contribution >= 0.6 is 0 Å². The van der Waals surface area contributed by atoms with E-state index in [4.69, 9.17) is 10.5 Å². The summed E-state index contributed by atoms with van der Waals surface area (Å²) < 4.78 is 5.09. The summed E-state index contributed by atoms with van der Waals surface area (Å²) >= 11 is 0. The highest BCUT2D eigenvalue weighted by Crippen LogP contribution is 2.22. The minimum Gasteiger partial charge on any atom is -0.495 e. The zero-order valence-corrected chi connectivity index (χ0v) is 9.89. The molecular formula is C12H19N3O. The molecule has 2 atom stereocenters. The van der Waals surface area contributed by atoms with Crippen molar-refractivity contribution < 1.29 is 4.74 Å². The number of aromatic nitrogens is 1. The van der Waals surface area contributed by atoms with Gasteiger partial charge in [-0.15, -0.1) is 0 Å². The van der Waals surface area contributed by atoms with Crippen LogP contribution in [0.15, 0.2) is 18.3 Å². The minimum absolute atomic E-state index is 0.248. The fraction of sp³-hybridized carbons (Fsp3) is 0.583. The van der Waals surface area contributed by atoms with Gasteiger partial charge >= 0.3 is 0 Å². The van der Waals surface area contributed by atoms with Gasteiger partial charge in [0, 0.05) is 19.1 Å². The van der Waals surface area contributed by atoms with Gasteiger partial charge in [0.15, 0.2) is 0 Å². The van der Waals surface area contributed by atoms with E-state index < -0.39 is 0 Å². The summed E-state index contributed by atoms with van der Waals surface area (Å²) in [4.78, 5) is 6.62. The third-order valence-electron chi connectivity index (χ3n) is 3.30. The van der Waals surface area contributed by atoms with Gasteiger partial charge in [-0.1, -0.05) is 6.92 Å². The van der Waals surface area contributed by atoms with Crippen molar-refractivity contribution in [3.05, 3.63) is 18.3 Å². The largest absolute Gasteiger partial charge is 0.495 e. The van der Waals surface area contributed by atoms with Gasteiger partial charge in [0.2, 0.25) is 0 Å². The van der Waals surface area contributed by atoms with Crippen molar-refractivity contribution in [3.8, 4) is 5.75 Å². The summed E-state index contributed by atoms with van der Waals surface area (Å²) in [6.07, 6.45) is 2.88. The number of rotatable bonds is 2. The maximum absolute atomic E-state index is 6.07. The van der Waals surface area contributed by atoms with E-state index in [1.165, 1.54) is 0 Å². The highest BCUT2D eigenvalue weighted by molar-refractivity contribution is 5.41. The number of hydrogen-bond acceptors (Lipinski definition) is 4. The van der Waals surface area contributed by atoms with E-state index in [0.717, 1.165) is 31.1 Å². The monoisotopic (exact) mass is 221 g/mol. The summed E-state index contributed by atoms with van der Waals surface area (Å²) in [6, 6.07) is 4.17. The fourth-order valence-corrected chi connectivity index (χ4v) is 1.99. The van der Waals surface area contributed by atoms with E-state index in [0.29, 0.717) is 5.92 Å². The van der Waals surface area contributed by atoms with Crippen molar-refractivity contribution >= 4 is 5.82 Å². The number of pyridine rings is 1. The summed E-state index contributed by atoms with van der Waals surface area (Å²) in [5.74, 6) is 2.39. The molecule has 0 amide bonds. The Kier molecular flexibility index (Phi) is 3.29. The first-order valence-corrected chi connectivity index (χ1v) is 5.71. The summed E-state index contributed by atoms with van der Waals surface area (Å²) in [6.45, 7) is 4.14. The third kappa shape index (κ3) is 2.27. The number of hydrogen-bond donors (Lipinski definition) is 1. The normalized spacial score (nSPS) is 25.6. The smallest absolute Gasteiger partial charge is 0.137 e. The van der Waals surface area contributed by atoms with Gasteiger partial charge in [-0.05, 0) is 24.5 Å². The van der Waals surface area contributed by atoms with Crippen molar-refractivity contribution in [1.82, 2.24) is 4.98 Å². The second kappa shape index (κ2) is 4.70. The van der Waals surface area contributed by atoms with E-state index in [1.54, 1.807) is 13.3 Å². The molecule has 2 unspecified atom stereocenters. The lowest BCUT2D eigenvalue weighted by Crippen LogP contribution is -2.47. The molecule has 0 saturated carbocycles. The quantitative estimate of drug-likeness (QED) is 0.817. The molecule has 4 heteroatoms. The number of methoxy groups -OCH3 is 1. The van der Waals surface area contributed by atoms with Gasteiger partial charge in [0.05, 0.1) is 13.3 Å². The van der Waals surface area contributed by atoms with E-state index >= 15 is 0 Å². The molecular weight excluding hydrogens is 202 g/mol. The Morgan fingerprint density at radius 3 is 2.88 bits per heavy atom. The van der Waals surface area contributed by atoms with Crippen molar-refractivity contribution in [3.63, 3.8) is 0 Å². The zero-order valence-electron chi connectivity index (χ0n) is 9.89. The lowest BCUT2D eigenvalue weighted by Gasteiger charge is -2.35. The van der Waals surface area contributed by atoms with Gasteiger partial charge in [0.1, 0.15) is 11.6 Å². The lowest BCUT2D eigenvalue weighted by atomic mass is 9.94. The van der Waals surface area contributed by atoms with Crippen LogP contribution in [0.4, 0.5) is 5.82 Å². The van der Waals surface area contributed by atoms with Crippen LogP contribution in [0, 0.1) is 5.92 Å². The molecule has 2 heterocycles. The first-order chi connectivity index (χ1) is 7.70. The number of anilines is 1. The van der Waals surface area contributed by atoms with Crippen molar-refractivity contribution in [2.24, 2.45) is 11.7 Å². The molecule has 4 nitrogen and oxygen atoms in total. The second-order valence-corrected chi connectivity index (χ2v) is 4.43. The Hall–Kier alpha value is -1.29. The molecule has 2 rings (SSSR count). The van der Waals surface area contributed by atoms with Crippen molar-refractivity contribution in [1.29, 1.82) is 0 Å². The molecule has 1 aromatic rings. The molecule has 0 aromatic carbocycles. The maximum atomic E-state index is 6.07. The van der Waals surface area contributed by atoms with Crippen LogP contribution in [0.2, 0.25) is 0 Å². The molecule has 0 radical (unpaired) electrons. The Balaban J connectivity index is 2.06. The topological polar surface area (TPSA) is 51.4 Å². The van der Waals surface area contributed by atoms with Gasteiger partial charge in [0.25, 0.3) is 0 Å². The third-order valence-corrected chi connectivity index (χ3v) is 3.30. The van der Waals surface area contributed by atoms with Gasteiger partial charge in [-0.25, -0.2) is 4.98 Å². The first kappa shape index (κ1) is 11.2. The van der Waals surface area contributed by atoms with Crippen LogP contribution in [0.1, 0.15) is 13.3 Å². The van der Waals surface area contributed by atoms with E-state index in [1.807, 2.05) is 12.1 Å². The summed E-state index contributed by atoms with van der Waals surface area (Å²) in [7, 11) is 1.65. The number of ether oxygens (including phenoxy) is 1. The summed E-state index contributed by atoms with van der Waals surface area (Å²) in [5.41, 5.74) is 6.07. The Morgan fingerprint density at radius 1 is 1.50 bits per heavy atom. The Labute approximate surface area is 96.4 Å². The van der Waals surface area contributed by atoms with Crippen LogP contribution in [-0.4, -0.2) is 31.2 Å². The molecule has 0 spiro atoms. The average molecular weight is 221 g/mol. The van der Waals surface area contributed by atoms with Gasteiger partial charge < -0.3 is 15.4 Å². The van der Waals surface area contributed by atoms with E-state index in [9.17, 15) is 0 Å². The van der Waals surface area contributed by atoms with E-state index in [2.05, 4.69) is 16.8 Å². The highest BCUT2D eigenvalue weighted by atomic mass is 16.5. The molecule has 1 aliphatic rings. The first-order valence-electron chi connectivity index (χ1n) is 5.71. The molecule has 2 N–H and O–H groups in total. The van der Waals surface area contributed by atoms with Crippen LogP contribution < -0.4 is 15.4 Å². The molecule has 1 fully saturated rings. The molecule has 1 aliphatic heterocycles. The van der Waals surface area contributed by atoms with Crippen LogP contribution in [-0.2, 0) is 0 Å². The maximum Gasteiger partial charge on any atom is 0.137 e. The molecule has 1 saturated heterocycles. The van der Waals surface area contributed by atoms with E-state index in [-0.39, 0.29) is 6.04 Å². The van der Waals surface area contributed by atoms with Gasteiger partial charge in [-0.2, -0.15) is 0 Å². The Morgan fingerprint density at radius 2 is 2.31 bits per heavy atom. The molecule has 0 bridgehead atoms. The summed E-state index contributed by atoms with van der Waals surface area (Å²) in [5, 5.41) is 0. The minimum atomic E-state index is 0.248. The van der Waals surface area contributed by atoms with Crippen molar-refractivity contribution in [2.75, 3.05) is 25.1 Å². The number of nitrogens with zero attached hydrogens (tertiary/aromatic N) is 2.